The van der Waals surface area contributed by atoms with Crippen molar-refractivity contribution in [1.82, 2.24) is 0 Å². The van der Waals surface area contributed by atoms with Crippen molar-refractivity contribution < 1.29 is 0 Å². The van der Waals surface area contributed by atoms with Gasteiger partial charge in [0.2, 0.25) is 0 Å². The van der Waals surface area contributed by atoms with Crippen LogP contribution in [0.15, 0.2) is 24.3 Å². The predicted octanol–water partition coefficient (Wildman–Crippen LogP) is 2.17. The molecular formula is C13H20N2. The van der Waals surface area contributed by atoms with E-state index in [1.54, 1.807) is 0 Å². The minimum absolute atomic E-state index is 0.235. The molecule has 1 aromatic rings. The number of anilines is 1. The summed E-state index contributed by atoms with van der Waals surface area (Å²) in [4.78, 5) is 2.40. The number of nitrogens with two attached hydrogens (primary N) is 1. The summed E-state index contributed by atoms with van der Waals surface area (Å²) >= 11 is 0. The lowest BCUT2D eigenvalue weighted by Crippen LogP contribution is -2.24. The highest BCUT2D eigenvalue weighted by molar-refractivity contribution is 5.54. The van der Waals surface area contributed by atoms with Gasteiger partial charge in [0.05, 0.1) is 0 Å². The van der Waals surface area contributed by atoms with Crippen LogP contribution in [0.1, 0.15) is 25.3 Å². The van der Waals surface area contributed by atoms with Crippen LogP contribution in [-0.2, 0) is 6.42 Å². The summed E-state index contributed by atoms with van der Waals surface area (Å²) in [6.45, 7) is 2.06. The summed E-state index contributed by atoms with van der Waals surface area (Å²) in [5.41, 5.74) is 8.60. The molecule has 2 rings (SSSR count). The van der Waals surface area contributed by atoms with Crippen LogP contribution >= 0.6 is 0 Å². The standard InChI is InChI=1S/C13H20N2/c1-10(14)9-11-5-3-4-6-13(11)15(2)12-7-8-12/h3-6,10,12H,7-9,14H2,1-2H3. The van der Waals surface area contributed by atoms with Crippen molar-refractivity contribution in [2.75, 3.05) is 11.9 Å². The Labute approximate surface area is 92.1 Å². The second-order valence-electron chi connectivity index (χ2n) is 4.65. The Hall–Kier alpha value is -1.02. The fourth-order valence-electron chi connectivity index (χ4n) is 2.03. The number of nitrogens with zero attached hydrogens (tertiary/aromatic N) is 1. The molecule has 1 fully saturated rings. The molecule has 0 aliphatic heterocycles. The van der Waals surface area contributed by atoms with E-state index in [0.717, 1.165) is 12.5 Å². The number of hydrogen-bond donors (Lipinski definition) is 1. The van der Waals surface area contributed by atoms with Gasteiger partial charge in [-0.25, -0.2) is 0 Å². The minimum Gasteiger partial charge on any atom is -0.371 e. The van der Waals surface area contributed by atoms with Crippen LogP contribution in [0.2, 0.25) is 0 Å². The van der Waals surface area contributed by atoms with Crippen LogP contribution in [0.4, 0.5) is 5.69 Å². The van der Waals surface area contributed by atoms with Crippen LogP contribution in [0, 0.1) is 0 Å². The van der Waals surface area contributed by atoms with Gasteiger partial charge in [0, 0.05) is 24.8 Å². The monoisotopic (exact) mass is 204 g/mol. The molecule has 0 spiro atoms. The summed E-state index contributed by atoms with van der Waals surface area (Å²) in [6, 6.07) is 9.60. The first-order valence-corrected chi connectivity index (χ1v) is 5.75. The Balaban J connectivity index is 2.20. The highest BCUT2D eigenvalue weighted by Crippen LogP contribution is 2.32. The largest absolute Gasteiger partial charge is 0.371 e. The lowest BCUT2D eigenvalue weighted by molar-refractivity contribution is 0.734. The van der Waals surface area contributed by atoms with Gasteiger partial charge in [-0.3, -0.25) is 0 Å². The molecule has 1 aliphatic carbocycles. The summed E-state index contributed by atoms with van der Waals surface area (Å²) in [5.74, 6) is 0. The smallest absolute Gasteiger partial charge is 0.0399 e. The third-order valence-corrected chi connectivity index (χ3v) is 3.01. The van der Waals surface area contributed by atoms with Gasteiger partial charge >= 0.3 is 0 Å². The van der Waals surface area contributed by atoms with E-state index in [2.05, 4.69) is 43.1 Å². The Kier molecular flexibility index (Phi) is 2.96. The average Bonchev–Trinajstić information content (AvgIpc) is 3.00. The zero-order valence-corrected chi connectivity index (χ0v) is 9.61. The maximum absolute atomic E-state index is 5.87. The van der Waals surface area contributed by atoms with Crippen LogP contribution in [0.5, 0.6) is 0 Å². The fourth-order valence-corrected chi connectivity index (χ4v) is 2.03. The van der Waals surface area contributed by atoms with Gasteiger partial charge in [-0.2, -0.15) is 0 Å². The highest BCUT2D eigenvalue weighted by atomic mass is 15.2. The van der Waals surface area contributed by atoms with Crippen molar-refractivity contribution >= 4 is 5.69 Å². The van der Waals surface area contributed by atoms with E-state index in [1.807, 2.05) is 0 Å². The molecule has 1 atom stereocenters. The van der Waals surface area contributed by atoms with Crippen molar-refractivity contribution in [2.24, 2.45) is 5.73 Å². The van der Waals surface area contributed by atoms with E-state index in [4.69, 9.17) is 5.73 Å². The summed E-state index contributed by atoms with van der Waals surface area (Å²) in [7, 11) is 2.19. The molecule has 0 saturated heterocycles. The molecule has 0 amide bonds. The van der Waals surface area contributed by atoms with Crippen molar-refractivity contribution in [3.8, 4) is 0 Å². The Morgan fingerprint density at radius 2 is 2.07 bits per heavy atom. The third kappa shape index (κ3) is 2.51. The van der Waals surface area contributed by atoms with Crippen molar-refractivity contribution in [2.45, 2.75) is 38.3 Å². The van der Waals surface area contributed by atoms with Crippen molar-refractivity contribution in [3.63, 3.8) is 0 Å². The molecule has 1 aliphatic rings. The molecule has 0 aromatic heterocycles. The number of hydrogen-bond acceptors (Lipinski definition) is 2. The van der Waals surface area contributed by atoms with Gasteiger partial charge in [0.1, 0.15) is 0 Å². The van der Waals surface area contributed by atoms with E-state index in [-0.39, 0.29) is 6.04 Å². The average molecular weight is 204 g/mol. The van der Waals surface area contributed by atoms with Gasteiger partial charge in [-0.05, 0) is 37.8 Å². The Morgan fingerprint density at radius 1 is 1.40 bits per heavy atom. The molecule has 2 heteroatoms. The van der Waals surface area contributed by atoms with Crippen molar-refractivity contribution in [3.05, 3.63) is 29.8 Å². The quantitative estimate of drug-likeness (QED) is 0.814. The topological polar surface area (TPSA) is 29.3 Å². The zero-order chi connectivity index (χ0) is 10.8. The van der Waals surface area contributed by atoms with E-state index in [9.17, 15) is 0 Å². The molecule has 1 unspecified atom stereocenters. The lowest BCUT2D eigenvalue weighted by Gasteiger charge is -2.22. The van der Waals surface area contributed by atoms with Gasteiger partial charge in [0.25, 0.3) is 0 Å². The van der Waals surface area contributed by atoms with Crippen LogP contribution in [0.25, 0.3) is 0 Å². The second kappa shape index (κ2) is 4.23. The first-order valence-electron chi connectivity index (χ1n) is 5.75. The van der Waals surface area contributed by atoms with E-state index < -0.39 is 0 Å². The summed E-state index contributed by atoms with van der Waals surface area (Å²) < 4.78 is 0. The molecule has 0 bridgehead atoms. The minimum atomic E-state index is 0.235. The fraction of sp³-hybridized carbons (Fsp3) is 0.538. The third-order valence-electron chi connectivity index (χ3n) is 3.01. The van der Waals surface area contributed by atoms with E-state index in [0.29, 0.717) is 0 Å². The summed E-state index contributed by atoms with van der Waals surface area (Å²) in [6.07, 6.45) is 3.64. The molecular weight excluding hydrogens is 184 g/mol. The van der Waals surface area contributed by atoms with Crippen LogP contribution < -0.4 is 10.6 Å². The Morgan fingerprint density at radius 3 is 2.67 bits per heavy atom. The zero-order valence-electron chi connectivity index (χ0n) is 9.61. The molecule has 2 nitrogen and oxygen atoms in total. The first-order chi connectivity index (χ1) is 7.18. The normalized spacial score (nSPS) is 17.5. The molecule has 15 heavy (non-hydrogen) atoms. The van der Waals surface area contributed by atoms with Crippen LogP contribution in [0.3, 0.4) is 0 Å². The summed E-state index contributed by atoms with van der Waals surface area (Å²) in [5, 5.41) is 0. The molecule has 2 N–H and O–H groups in total. The van der Waals surface area contributed by atoms with E-state index >= 15 is 0 Å². The van der Waals surface area contributed by atoms with E-state index in [1.165, 1.54) is 24.1 Å². The first kappa shape index (κ1) is 10.5. The van der Waals surface area contributed by atoms with Gasteiger partial charge in [-0.15, -0.1) is 0 Å². The number of benzene rings is 1. The number of para-hydroxylation sites is 1. The second-order valence-corrected chi connectivity index (χ2v) is 4.65. The lowest BCUT2D eigenvalue weighted by atomic mass is 10.0. The van der Waals surface area contributed by atoms with Crippen molar-refractivity contribution in [1.29, 1.82) is 0 Å². The SMILES string of the molecule is CC(N)Cc1ccccc1N(C)C1CC1. The maximum atomic E-state index is 5.87. The molecule has 0 radical (unpaired) electrons. The molecule has 82 valence electrons. The van der Waals surface area contributed by atoms with Gasteiger partial charge in [0.15, 0.2) is 0 Å². The van der Waals surface area contributed by atoms with Gasteiger partial charge < -0.3 is 10.6 Å². The number of rotatable bonds is 4. The Bertz CT molecular complexity index is 329. The maximum Gasteiger partial charge on any atom is 0.0399 e. The molecule has 1 aromatic carbocycles. The predicted molar refractivity (Wildman–Crippen MR) is 65.2 cm³/mol. The van der Waals surface area contributed by atoms with Gasteiger partial charge in [-0.1, -0.05) is 18.2 Å². The highest BCUT2D eigenvalue weighted by Gasteiger charge is 2.27. The van der Waals surface area contributed by atoms with Crippen LogP contribution in [-0.4, -0.2) is 19.1 Å². The molecule has 0 heterocycles. The molecule has 1 saturated carbocycles.